The van der Waals surface area contributed by atoms with Gasteiger partial charge in [-0.05, 0) is 25.0 Å². The third-order valence-corrected chi connectivity index (χ3v) is 6.46. The van der Waals surface area contributed by atoms with E-state index in [0.717, 1.165) is 10.9 Å². The van der Waals surface area contributed by atoms with Gasteiger partial charge in [0.2, 0.25) is 5.89 Å². The Balaban J connectivity index is 2.19. The minimum atomic E-state index is -3.70. The Morgan fingerprint density at radius 2 is 2.00 bits per heavy atom. The summed E-state index contributed by atoms with van der Waals surface area (Å²) in [4.78, 5) is 25.1. The second-order valence-electron chi connectivity index (χ2n) is 6.65. The van der Waals surface area contributed by atoms with Gasteiger partial charge in [-0.2, -0.15) is 0 Å². The van der Waals surface area contributed by atoms with Crippen LogP contribution >= 0.6 is 23.2 Å². The number of aromatic nitrogens is 2. The second-order valence-corrected chi connectivity index (χ2v) is 9.46. The van der Waals surface area contributed by atoms with Gasteiger partial charge in [0.1, 0.15) is 0 Å². The van der Waals surface area contributed by atoms with Gasteiger partial charge >= 0.3 is 5.68 Å². The molecule has 0 saturated carbocycles. The summed E-state index contributed by atoms with van der Waals surface area (Å²) in [5.41, 5.74) is -0.386. The van der Waals surface area contributed by atoms with Crippen molar-refractivity contribution in [3.05, 3.63) is 50.5 Å². The SMILES string of the molecule is Cc1nn(Cc2c(S(C)(=O)=O)ccc(C(=O)C3=C(Cl)CCCC3=O)c2Cl)c(=N)o1. The summed E-state index contributed by atoms with van der Waals surface area (Å²) in [5.74, 6) is -0.812. The molecule has 0 amide bonds. The van der Waals surface area contributed by atoms with E-state index in [0.29, 0.717) is 12.8 Å². The van der Waals surface area contributed by atoms with Crippen molar-refractivity contribution < 1.29 is 22.4 Å². The summed E-state index contributed by atoms with van der Waals surface area (Å²) in [7, 11) is -3.70. The highest BCUT2D eigenvalue weighted by Crippen LogP contribution is 2.33. The molecule has 1 aliphatic carbocycles. The van der Waals surface area contributed by atoms with E-state index in [1.54, 1.807) is 0 Å². The molecule has 0 atom stereocenters. The molecule has 1 N–H and O–H groups in total. The lowest BCUT2D eigenvalue weighted by Gasteiger charge is -2.17. The van der Waals surface area contributed by atoms with E-state index >= 15 is 0 Å². The minimum absolute atomic E-state index is 0.0372. The van der Waals surface area contributed by atoms with Crippen molar-refractivity contribution in [3.63, 3.8) is 0 Å². The van der Waals surface area contributed by atoms with Gasteiger partial charge in [0, 0.05) is 35.8 Å². The molecule has 0 spiro atoms. The monoisotopic (exact) mass is 457 g/mol. The number of allylic oxidation sites excluding steroid dienone is 2. The van der Waals surface area contributed by atoms with Crippen LogP contribution in [-0.4, -0.2) is 36.0 Å². The number of aryl methyl sites for hydroxylation is 1. The van der Waals surface area contributed by atoms with Crippen LogP contribution in [0.1, 0.15) is 41.1 Å². The number of ketones is 2. The van der Waals surface area contributed by atoms with Crippen LogP contribution in [0, 0.1) is 12.3 Å². The van der Waals surface area contributed by atoms with Crippen LogP contribution < -0.4 is 5.68 Å². The molecule has 11 heteroatoms. The second kappa shape index (κ2) is 7.89. The molecule has 0 saturated heterocycles. The Morgan fingerprint density at radius 3 is 2.55 bits per heavy atom. The summed E-state index contributed by atoms with van der Waals surface area (Å²) in [6, 6.07) is 2.52. The summed E-state index contributed by atoms with van der Waals surface area (Å²) in [5, 5.41) is 11.8. The standard InChI is InChI=1S/C18H17Cl2N3O5S/c1-9-22-23(18(21)28-9)8-11-14(29(2,26)27)7-6-10(16(11)20)17(25)15-12(19)4-3-5-13(15)24/h6-7,21H,3-5,8H2,1-2H3. The number of halogens is 2. The van der Waals surface area contributed by atoms with Gasteiger partial charge in [0.25, 0.3) is 0 Å². The molecule has 8 nitrogen and oxygen atoms in total. The number of Topliss-reactive ketones (excluding diaryl/α,β-unsaturated/α-hetero) is 2. The average molecular weight is 458 g/mol. The van der Waals surface area contributed by atoms with Gasteiger partial charge in [-0.25, -0.2) is 18.5 Å². The fourth-order valence-electron chi connectivity index (χ4n) is 3.15. The normalized spacial score (nSPS) is 15.1. The molecule has 3 rings (SSSR count). The molecule has 0 fully saturated rings. The Kier molecular flexibility index (Phi) is 5.84. The minimum Gasteiger partial charge on any atom is -0.409 e. The highest BCUT2D eigenvalue weighted by Gasteiger charge is 2.30. The smallest absolute Gasteiger partial charge is 0.312 e. The van der Waals surface area contributed by atoms with E-state index in [9.17, 15) is 18.0 Å². The quantitative estimate of drug-likeness (QED) is 0.543. The fourth-order valence-corrected chi connectivity index (χ4v) is 4.77. The molecule has 29 heavy (non-hydrogen) atoms. The van der Waals surface area contributed by atoms with Crippen LogP contribution in [0.25, 0.3) is 0 Å². The van der Waals surface area contributed by atoms with Gasteiger partial charge in [-0.15, -0.1) is 5.10 Å². The predicted molar refractivity (Wildman–Crippen MR) is 105 cm³/mol. The molecular formula is C18H17Cl2N3O5S. The van der Waals surface area contributed by atoms with Crippen LogP contribution in [0.3, 0.4) is 0 Å². The zero-order valence-electron chi connectivity index (χ0n) is 15.6. The first-order chi connectivity index (χ1) is 13.5. The molecule has 0 radical (unpaired) electrons. The zero-order valence-corrected chi connectivity index (χ0v) is 17.9. The molecule has 1 heterocycles. The van der Waals surface area contributed by atoms with Crippen molar-refractivity contribution >= 4 is 44.6 Å². The first-order valence-electron chi connectivity index (χ1n) is 8.57. The summed E-state index contributed by atoms with van der Waals surface area (Å²) >= 11 is 12.6. The number of hydrogen-bond acceptors (Lipinski definition) is 7. The number of sulfone groups is 1. The maximum Gasteiger partial charge on any atom is 0.312 e. The number of carbonyl (C=O) groups is 2. The lowest BCUT2D eigenvalue weighted by atomic mass is 9.91. The van der Waals surface area contributed by atoms with E-state index < -0.39 is 15.6 Å². The number of carbonyl (C=O) groups excluding carboxylic acids is 2. The maximum absolute atomic E-state index is 13.0. The molecule has 0 aliphatic heterocycles. The van der Waals surface area contributed by atoms with Crippen molar-refractivity contribution in [2.24, 2.45) is 0 Å². The van der Waals surface area contributed by atoms with Crippen LogP contribution in [0.15, 0.2) is 32.1 Å². The highest BCUT2D eigenvalue weighted by molar-refractivity contribution is 7.90. The average Bonchev–Trinajstić information content (AvgIpc) is 2.92. The summed E-state index contributed by atoms with van der Waals surface area (Å²) in [6.45, 7) is 1.33. The molecular weight excluding hydrogens is 441 g/mol. The van der Waals surface area contributed by atoms with E-state index in [-0.39, 0.29) is 62.0 Å². The number of nitrogens with one attached hydrogen (secondary N) is 1. The third-order valence-electron chi connectivity index (χ3n) is 4.47. The maximum atomic E-state index is 13.0. The van der Waals surface area contributed by atoms with Crippen molar-refractivity contribution in [2.45, 2.75) is 37.6 Å². The lowest BCUT2D eigenvalue weighted by molar-refractivity contribution is -0.115. The topological polar surface area (TPSA) is 123 Å². The van der Waals surface area contributed by atoms with Gasteiger partial charge < -0.3 is 4.42 Å². The van der Waals surface area contributed by atoms with Crippen molar-refractivity contribution in [3.8, 4) is 0 Å². The number of benzene rings is 1. The fraction of sp³-hybridized carbons (Fsp3) is 0.333. The molecule has 2 aromatic rings. The van der Waals surface area contributed by atoms with E-state index in [2.05, 4.69) is 5.10 Å². The Labute approximate surface area is 176 Å². The number of rotatable bonds is 5. The van der Waals surface area contributed by atoms with Gasteiger partial charge in [0.05, 0.1) is 22.0 Å². The predicted octanol–water partition coefficient (Wildman–Crippen LogP) is 2.80. The lowest BCUT2D eigenvalue weighted by Crippen LogP contribution is -2.21. The van der Waals surface area contributed by atoms with Crippen molar-refractivity contribution in [1.29, 1.82) is 5.41 Å². The highest BCUT2D eigenvalue weighted by atomic mass is 35.5. The molecule has 0 unspecified atom stereocenters. The van der Waals surface area contributed by atoms with Crippen LogP contribution in [0.4, 0.5) is 0 Å². The van der Waals surface area contributed by atoms with E-state index in [1.807, 2.05) is 0 Å². The van der Waals surface area contributed by atoms with Crippen molar-refractivity contribution in [1.82, 2.24) is 9.78 Å². The third kappa shape index (κ3) is 4.22. The van der Waals surface area contributed by atoms with Gasteiger partial charge in [-0.3, -0.25) is 9.59 Å². The van der Waals surface area contributed by atoms with Gasteiger partial charge in [0.15, 0.2) is 21.4 Å². The first kappa shape index (κ1) is 21.5. The molecule has 154 valence electrons. The van der Waals surface area contributed by atoms with E-state index in [1.165, 1.54) is 19.1 Å². The Morgan fingerprint density at radius 1 is 1.31 bits per heavy atom. The van der Waals surface area contributed by atoms with Crippen LogP contribution in [0.2, 0.25) is 5.02 Å². The Hall–Kier alpha value is -2.23. The molecule has 0 bridgehead atoms. The van der Waals surface area contributed by atoms with Crippen LogP contribution in [-0.2, 0) is 21.2 Å². The number of hydrogen-bond donors (Lipinski definition) is 1. The summed E-state index contributed by atoms with van der Waals surface area (Å²) in [6.07, 6.45) is 2.19. The molecule has 1 aromatic carbocycles. The Bertz CT molecular complexity index is 1220. The summed E-state index contributed by atoms with van der Waals surface area (Å²) < 4.78 is 30.7. The molecule has 1 aliphatic rings. The molecule has 1 aromatic heterocycles. The largest absolute Gasteiger partial charge is 0.409 e. The van der Waals surface area contributed by atoms with Gasteiger partial charge in [-0.1, -0.05) is 23.2 Å². The van der Waals surface area contributed by atoms with E-state index in [4.69, 9.17) is 33.0 Å². The number of nitrogens with zero attached hydrogens (tertiary/aromatic N) is 2. The first-order valence-corrected chi connectivity index (χ1v) is 11.2. The van der Waals surface area contributed by atoms with Crippen LogP contribution in [0.5, 0.6) is 0 Å². The zero-order chi connectivity index (χ0) is 21.5. The van der Waals surface area contributed by atoms with Crippen molar-refractivity contribution in [2.75, 3.05) is 6.26 Å².